The number of halogens is 2. The zero-order valence-electron chi connectivity index (χ0n) is 9.27. The summed E-state index contributed by atoms with van der Waals surface area (Å²) in [5.41, 5.74) is 2.08. The van der Waals surface area contributed by atoms with E-state index in [1.165, 1.54) is 12.1 Å². The van der Waals surface area contributed by atoms with Crippen LogP contribution in [0, 0.1) is 11.6 Å². The predicted molar refractivity (Wildman–Crippen MR) is 57.1 cm³/mol. The lowest BCUT2D eigenvalue weighted by molar-refractivity contribution is 0.0856. The highest BCUT2D eigenvalue weighted by Gasteiger charge is 2.14. The number of nitrogens with one attached hydrogen (secondary N) is 2. The number of hydrazine groups is 1. The van der Waals surface area contributed by atoms with Crippen LogP contribution in [0.4, 0.5) is 14.5 Å². The van der Waals surface area contributed by atoms with Gasteiger partial charge in [-0.15, -0.1) is 0 Å². The molecule has 0 saturated carbocycles. The molecule has 0 saturated heterocycles. The molecule has 6 heteroatoms. The molecule has 0 spiro atoms. The monoisotopic (exact) mass is 229 g/mol. The third-order valence-electron chi connectivity index (χ3n) is 1.88. The van der Waals surface area contributed by atoms with E-state index >= 15 is 0 Å². The minimum absolute atomic E-state index is 0.0669. The summed E-state index contributed by atoms with van der Waals surface area (Å²) >= 11 is 0. The summed E-state index contributed by atoms with van der Waals surface area (Å²) < 4.78 is 26.6. The van der Waals surface area contributed by atoms with Crippen LogP contribution in [0.2, 0.25) is 0 Å². The van der Waals surface area contributed by atoms with Gasteiger partial charge in [-0.2, -0.15) is 0 Å². The zero-order chi connectivity index (χ0) is 12.3. The van der Waals surface area contributed by atoms with Gasteiger partial charge in [0.15, 0.2) is 0 Å². The third kappa shape index (κ3) is 2.66. The van der Waals surface area contributed by atoms with Crippen LogP contribution in [0.1, 0.15) is 10.4 Å². The van der Waals surface area contributed by atoms with E-state index in [0.29, 0.717) is 0 Å². The fourth-order valence-corrected chi connectivity index (χ4v) is 1.21. The van der Waals surface area contributed by atoms with Crippen LogP contribution in [0.25, 0.3) is 0 Å². The van der Waals surface area contributed by atoms with E-state index in [9.17, 15) is 13.6 Å². The average Bonchev–Trinajstić information content (AvgIpc) is 2.16. The maximum absolute atomic E-state index is 13.3. The molecule has 0 heterocycles. The van der Waals surface area contributed by atoms with Crippen molar-refractivity contribution >= 4 is 11.6 Å². The highest BCUT2D eigenvalue weighted by molar-refractivity contribution is 5.94. The van der Waals surface area contributed by atoms with Gasteiger partial charge in [0, 0.05) is 26.7 Å². The second-order valence-electron chi connectivity index (χ2n) is 3.40. The Morgan fingerprint density at radius 3 is 2.12 bits per heavy atom. The number of carbonyl (C=O) groups excluding carboxylic acids is 1. The topological polar surface area (TPSA) is 44.4 Å². The Bertz CT molecular complexity index is 384. The lowest BCUT2D eigenvalue weighted by Crippen LogP contribution is -2.36. The maximum atomic E-state index is 13.3. The summed E-state index contributed by atoms with van der Waals surface area (Å²) in [6.07, 6.45) is 0. The SMILES string of the molecule is CNc1c(F)cc(C(=O)NN(C)C)cc1F. The molecule has 0 aliphatic heterocycles. The van der Waals surface area contributed by atoms with E-state index in [0.717, 1.165) is 12.1 Å². The van der Waals surface area contributed by atoms with E-state index < -0.39 is 17.5 Å². The molecule has 16 heavy (non-hydrogen) atoms. The number of anilines is 1. The summed E-state index contributed by atoms with van der Waals surface area (Å²) in [6, 6.07) is 1.96. The minimum Gasteiger partial charge on any atom is -0.383 e. The van der Waals surface area contributed by atoms with Crippen LogP contribution in [0.5, 0.6) is 0 Å². The summed E-state index contributed by atoms with van der Waals surface area (Å²) in [6.45, 7) is 0. The second-order valence-corrected chi connectivity index (χ2v) is 3.40. The summed E-state index contributed by atoms with van der Waals surface area (Å²) in [5.74, 6) is -2.16. The Morgan fingerprint density at radius 2 is 1.75 bits per heavy atom. The lowest BCUT2D eigenvalue weighted by atomic mass is 10.1. The molecule has 1 rings (SSSR count). The van der Waals surface area contributed by atoms with Crippen molar-refractivity contribution in [3.05, 3.63) is 29.3 Å². The van der Waals surface area contributed by atoms with Crippen molar-refractivity contribution < 1.29 is 13.6 Å². The van der Waals surface area contributed by atoms with E-state index in [1.54, 1.807) is 14.1 Å². The van der Waals surface area contributed by atoms with Crippen molar-refractivity contribution in [1.29, 1.82) is 0 Å². The predicted octanol–water partition coefficient (Wildman–Crippen LogP) is 1.21. The van der Waals surface area contributed by atoms with Crippen LogP contribution >= 0.6 is 0 Å². The Labute approximate surface area is 92.2 Å². The molecule has 0 aliphatic rings. The molecule has 0 aliphatic carbocycles. The van der Waals surface area contributed by atoms with Crippen LogP contribution in [-0.2, 0) is 0 Å². The van der Waals surface area contributed by atoms with E-state index in [-0.39, 0.29) is 11.3 Å². The summed E-state index contributed by atoms with van der Waals surface area (Å²) in [4.78, 5) is 11.5. The molecular formula is C10H13F2N3O. The Kier molecular flexibility index (Phi) is 3.78. The Morgan fingerprint density at radius 1 is 1.25 bits per heavy atom. The van der Waals surface area contributed by atoms with Crippen LogP contribution in [0.3, 0.4) is 0 Å². The van der Waals surface area contributed by atoms with Crippen molar-refractivity contribution in [1.82, 2.24) is 10.4 Å². The highest BCUT2D eigenvalue weighted by atomic mass is 19.1. The fraction of sp³-hybridized carbons (Fsp3) is 0.300. The molecule has 0 atom stereocenters. The summed E-state index contributed by atoms with van der Waals surface area (Å²) in [7, 11) is 4.61. The first-order valence-electron chi connectivity index (χ1n) is 4.60. The zero-order valence-corrected chi connectivity index (χ0v) is 9.27. The number of carbonyl (C=O) groups is 1. The molecule has 1 aromatic rings. The molecule has 0 bridgehead atoms. The molecular weight excluding hydrogens is 216 g/mol. The average molecular weight is 229 g/mol. The molecule has 1 aromatic carbocycles. The van der Waals surface area contributed by atoms with Gasteiger partial charge < -0.3 is 5.32 Å². The number of benzene rings is 1. The van der Waals surface area contributed by atoms with Crippen LogP contribution in [-0.4, -0.2) is 32.1 Å². The number of nitrogens with zero attached hydrogens (tertiary/aromatic N) is 1. The molecule has 4 nitrogen and oxygen atoms in total. The number of hydrogen-bond acceptors (Lipinski definition) is 3. The molecule has 1 amide bonds. The van der Waals surface area contributed by atoms with Gasteiger partial charge in [-0.05, 0) is 12.1 Å². The standard InChI is InChI=1S/C10H13F2N3O/c1-13-9-7(11)4-6(5-8(9)12)10(16)14-15(2)3/h4-5,13H,1-3H3,(H,14,16). The minimum atomic E-state index is -0.800. The van der Waals surface area contributed by atoms with E-state index in [2.05, 4.69) is 10.7 Å². The number of rotatable bonds is 3. The molecule has 0 unspecified atom stereocenters. The van der Waals surface area contributed by atoms with Crippen molar-refractivity contribution in [2.75, 3.05) is 26.5 Å². The fourth-order valence-electron chi connectivity index (χ4n) is 1.21. The quantitative estimate of drug-likeness (QED) is 0.766. The number of hydrogen-bond donors (Lipinski definition) is 2. The molecule has 0 fully saturated rings. The van der Waals surface area contributed by atoms with Gasteiger partial charge in [-0.3, -0.25) is 10.2 Å². The normalized spacial score (nSPS) is 10.4. The van der Waals surface area contributed by atoms with Crippen molar-refractivity contribution in [3.8, 4) is 0 Å². The molecule has 2 N–H and O–H groups in total. The maximum Gasteiger partial charge on any atom is 0.265 e. The Balaban J connectivity index is 3.04. The van der Waals surface area contributed by atoms with E-state index in [4.69, 9.17) is 0 Å². The molecule has 88 valence electrons. The first-order chi connectivity index (χ1) is 7.45. The Hall–Kier alpha value is -1.69. The van der Waals surface area contributed by atoms with Gasteiger partial charge in [-0.1, -0.05) is 0 Å². The third-order valence-corrected chi connectivity index (χ3v) is 1.88. The van der Waals surface area contributed by atoms with E-state index in [1.807, 2.05) is 0 Å². The first kappa shape index (κ1) is 12.4. The largest absolute Gasteiger partial charge is 0.383 e. The second kappa shape index (κ2) is 4.89. The number of amides is 1. The highest BCUT2D eigenvalue weighted by Crippen LogP contribution is 2.20. The van der Waals surface area contributed by atoms with Gasteiger partial charge in [-0.25, -0.2) is 13.8 Å². The van der Waals surface area contributed by atoms with Crippen LogP contribution < -0.4 is 10.7 Å². The van der Waals surface area contributed by atoms with Gasteiger partial charge in [0.1, 0.15) is 17.3 Å². The van der Waals surface area contributed by atoms with Gasteiger partial charge in [0.2, 0.25) is 0 Å². The lowest BCUT2D eigenvalue weighted by Gasteiger charge is -2.12. The van der Waals surface area contributed by atoms with Gasteiger partial charge >= 0.3 is 0 Å². The molecule has 0 radical (unpaired) electrons. The van der Waals surface area contributed by atoms with Crippen molar-refractivity contribution in [2.45, 2.75) is 0 Å². The van der Waals surface area contributed by atoms with Gasteiger partial charge in [0.25, 0.3) is 5.91 Å². The van der Waals surface area contributed by atoms with Crippen molar-refractivity contribution in [3.63, 3.8) is 0 Å². The smallest absolute Gasteiger partial charge is 0.265 e. The summed E-state index contributed by atoms with van der Waals surface area (Å²) in [5, 5.41) is 3.77. The first-order valence-corrected chi connectivity index (χ1v) is 4.60. The van der Waals surface area contributed by atoms with Crippen LogP contribution in [0.15, 0.2) is 12.1 Å². The van der Waals surface area contributed by atoms with Gasteiger partial charge in [0.05, 0.1) is 0 Å². The van der Waals surface area contributed by atoms with Crippen molar-refractivity contribution in [2.24, 2.45) is 0 Å². The molecule has 0 aromatic heterocycles.